The molecule has 0 radical (unpaired) electrons. The van der Waals surface area contributed by atoms with E-state index in [-0.39, 0.29) is 0 Å². The van der Waals surface area contributed by atoms with E-state index in [2.05, 4.69) is 47.5 Å². The van der Waals surface area contributed by atoms with Crippen molar-refractivity contribution in [2.75, 3.05) is 0 Å². The molecule has 3 aromatic rings. The Morgan fingerprint density at radius 3 is 2.87 bits per heavy atom. The molecule has 0 aliphatic carbocycles. The summed E-state index contributed by atoms with van der Waals surface area (Å²) in [6, 6.07) is 8.43. The zero-order valence-electron chi connectivity index (χ0n) is 8.69. The first-order valence-corrected chi connectivity index (χ1v) is 5.74. The lowest BCUT2D eigenvalue weighted by molar-refractivity contribution is -0.489. The van der Waals surface area contributed by atoms with E-state index < -0.39 is 0 Å². The minimum absolute atomic E-state index is 1.07. The highest BCUT2D eigenvalue weighted by Crippen LogP contribution is 2.20. The van der Waals surface area contributed by atoms with Gasteiger partial charge >= 0.3 is 4.96 Å². The van der Waals surface area contributed by atoms with E-state index in [1.54, 1.807) is 11.3 Å². The molecule has 0 bridgehead atoms. The molecule has 3 heteroatoms. The molecule has 15 heavy (non-hydrogen) atoms. The molecule has 3 rings (SSSR count). The number of rotatable bonds is 0. The van der Waals surface area contributed by atoms with Crippen molar-refractivity contribution in [1.82, 2.24) is 4.98 Å². The highest BCUT2D eigenvalue weighted by Gasteiger charge is 2.15. The van der Waals surface area contributed by atoms with Gasteiger partial charge in [0.2, 0.25) is 0 Å². The van der Waals surface area contributed by atoms with Crippen molar-refractivity contribution in [2.45, 2.75) is 13.8 Å². The predicted molar refractivity (Wildman–Crippen MR) is 62.3 cm³/mol. The molecule has 0 aliphatic rings. The Hall–Kier alpha value is -1.48. The van der Waals surface area contributed by atoms with Gasteiger partial charge in [-0.25, -0.2) is 0 Å². The van der Waals surface area contributed by atoms with Crippen LogP contribution in [0.25, 0.3) is 15.2 Å². The quantitative estimate of drug-likeness (QED) is 0.527. The molecule has 0 atom stereocenters. The van der Waals surface area contributed by atoms with E-state index in [0.717, 1.165) is 4.96 Å². The van der Waals surface area contributed by atoms with E-state index in [9.17, 15) is 0 Å². The van der Waals surface area contributed by atoms with Gasteiger partial charge in [0.05, 0.1) is 4.70 Å². The molecule has 2 nitrogen and oxygen atoms in total. The lowest BCUT2D eigenvalue weighted by Gasteiger charge is -1.94. The van der Waals surface area contributed by atoms with Crippen LogP contribution in [-0.4, -0.2) is 4.98 Å². The summed E-state index contributed by atoms with van der Waals surface area (Å²) in [6.45, 7) is 4.24. The minimum atomic E-state index is 1.07. The largest absolute Gasteiger partial charge is 0.388 e. The van der Waals surface area contributed by atoms with Crippen LogP contribution in [-0.2, 0) is 0 Å². The first-order valence-electron chi connectivity index (χ1n) is 4.93. The molecule has 0 fully saturated rings. The molecule has 74 valence electrons. The number of benzene rings is 1. The molecule has 0 N–H and O–H groups in total. The van der Waals surface area contributed by atoms with Crippen LogP contribution in [0.15, 0.2) is 30.5 Å². The number of hydrogen-bond donors (Lipinski definition) is 0. The van der Waals surface area contributed by atoms with E-state index in [4.69, 9.17) is 0 Å². The van der Waals surface area contributed by atoms with Crippen LogP contribution in [0.1, 0.15) is 11.3 Å². The molecular formula is C12H11N2S+. The summed E-state index contributed by atoms with van der Waals surface area (Å²) >= 11 is 1.74. The number of thiazole rings is 1. The molecule has 1 aromatic carbocycles. The number of para-hydroxylation sites is 1. The lowest BCUT2D eigenvalue weighted by atomic mass is 10.2. The van der Waals surface area contributed by atoms with Crippen LogP contribution in [0.2, 0.25) is 0 Å². The predicted octanol–water partition coefficient (Wildman–Crippen LogP) is 2.65. The standard InChI is InChI=1S/C12H11N2S/c1-8-7-13-12-14(9(8)2)10-5-3-4-6-11(10)15-12/h3-7H,1-2H3/q+1. The SMILES string of the molecule is Cc1cnc2sc3ccccc3[n+]2c1C. The average Bonchev–Trinajstić information content (AvgIpc) is 2.62. The molecule has 0 amide bonds. The van der Waals surface area contributed by atoms with Crippen molar-refractivity contribution in [3.05, 3.63) is 41.7 Å². The van der Waals surface area contributed by atoms with Gasteiger partial charge in [0.25, 0.3) is 0 Å². The number of aromatic nitrogens is 2. The maximum Gasteiger partial charge on any atom is 0.388 e. The fourth-order valence-electron chi connectivity index (χ4n) is 1.81. The van der Waals surface area contributed by atoms with Crippen molar-refractivity contribution in [3.63, 3.8) is 0 Å². The summed E-state index contributed by atoms with van der Waals surface area (Å²) in [4.78, 5) is 5.53. The summed E-state index contributed by atoms with van der Waals surface area (Å²) < 4.78 is 3.52. The summed E-state index contributed by atoms with van der Waals surface area (Å²) in [5.41, 5.74) is 3.76. The van der Waals surface area contributed by atoms with Crippen molar-refractivity contribution >= 4 is 26.5 Å². The minimum Gasteiger partial charge on any atom is -0.183 e. The Labute approximate surface area is 91.8 Å². The second kappa shape index (κ2) is 3.00. The number of aryl methyl sites for hydroxylation is 2. The van der Waals surface area contributed by atoms with Gasteiger partial charge in [0, 0.05) is 5.56 Å². The highest BCUT2D eigenvalue weighted by molar-refractivity contribution is 7.22. The van der Waals surface area contributed by atoms with Crippen LogP contribution in [0.3, 0.4) is 0 Å². The fourth-order valence-corrected chi connectivity index (χ4v) is 2.84. The van der Waals surface area contributed by atoms with Crippen LogP contribution < -0.4 is 4.40 Å². The molecule has 0 spiro atoms. The van der Waals surface area contributed by atoms with E-state index >= 15 is 0 Å². The Morgan fingerprint density at radius 2 is 2.00 bits per heavy atom. The number of fused-ring (bicyclic) bond motifs is 3. The average molecular weight is 215 g/mol. The van der Waals surface area contributed by atoms with Gasteiger partial charge in [0.15, 0.2) is 5.52 Å². The monoisotopic (exact) mass is 215 g/mol. The Balaban J connectivity index is 2.63. The normalized spacial score (nSPS) is 11.3. The van der Waals surface area contributed by atoms with E-state index in [0.29, 0.717) is 0 Å². The third kappa shape index (κ3) is 1.16. The van der Waals surface area contributed by atoms with E-state index in [1.807, 2.05) is 6.20 Å². The van der Waals surface area contributed by atoms with Gasteiger partial charge in [-0.2, -0.15) is 4.40 Å². The molecular weight excluding hydrogens is 204 g/mol. The molecule has 0 saturated heterocycles. The van der Waals surface area contributed by atoms with Crippen LogP contribution in [0.5, 0.6) is 0 Å². The Kier molecular flexibility index (Phi) is 1.76. The first-order chi connectivity index (χ1) is 7.27. The first kappa shape index (κ1) is 8.80. The fraction of sp³-hybridized carbons (Fsp3) is 0.167. The smallest absolute Gasteiger partial charge is 0.183 e. The summed E-state index contributed by atoms with van der Waals surface area (Å²) in [7, 11) is 0. The van der Waals surface area contributed by atoms with Crippen LogP contribution in [0, 0.1) is 13.8 Å². The van der Waals surface area contributed by atoms with Crippen LogP contribution in [0.4, 0.5) is 0 Å². The molecule has 2 heterocycles. The second-order valence-corrected chi connectivity index (χ2v) is 4.72. The maximum atomic E-state index is 4.46. The zero-order valence-corrected chi connectivity index (χ0v) is 9.51. The van der Waals surface area contributed by atoms with Gasteiger partial charge < -0.3 is 0 Å². The summed E-state index contributed by atoms with van der Waals surface area (Å²) in [5, 5.41) is 0. The molecule has 0 aliphatic heterocycles. The Bertz CT molecular complexity index is 655. The highest BCUT2D eigenvalue weighted by atomic mass is 32.1. The number of nitrogens with zero attached hydrogens (tertiary/aromatic N) is 2. The maximum absolute atomic E-state index is 4.46. The third-order valence-corrected chi connectivity index (χ3v) is 3.81. The molecule has 2 aromatic heterocycles. The number of hydrogen-bond acceptors (Lipinski definition) is 2. The van der Waals surface area contributed by atoms with Gasteiger partial charge in [-0.15, -0.1) is 0 Å². The van der Waals surface area contributed by atoms with Crippen molar-refractivity contribution < 1.29 is 4.40 Å². The Morgan fingerprint density at radius 1 is 1.20 bits per heavy atom. The van der Waals surface area contributed by atoms with Crippen LogP contribution >= 0.6 is 11.3 Å². The summed E-state index contributed by atoms with van der Waals surface area (Å²) in [6.07, 6.45) is 1.94. The third-order valence-electron chi connectivity index (χ3n) is 2.77. The lowest BCUT2D eigenvalue weighted by Crippen LogP contribution is -2.25. The van der Waals surface area contributed by atoms with Gasteiger partial charge in [-0.3, -0.25) is 0 Å². The van der Waals surface area contributed by atoms with Crippen molar-refractivity contribution in [2.24, 2.45) is 0 Å². The van der Waals surface area contributed by atoms with Gasteiger partial charge in [0.1, 0.15) is 11.9 Å². The van der Waals surface area contributed by atoms with Crippen molar-refractivity contribution in [3.8, 4) is 0 Å². The van der Waals surface area contributed by atoms with Crippen molar-refractivity contribution in [1.29, 1.82) is 0 Å². The zero-order chi connectivity index (χ0) is 10.4. The van der Waals surface area contributed by atoms with Gasteiger partial charge in [-0.1, -0.05) is 12.1 Å². The summed E-state index contributed by atoms with van der Waals surface area (Å²) in [5.74, 6) is 0. The molecule has 0 saturated carbocycles. The topological polar surface area (TPSA) is 17.0 Å². The second-order valence-electron chi connectivity index (χ2n) is 3.71. The van der Waals surface area contributed by atoms with E-state index in [1.165, 1.54) is 21.5 Å². The van der Waals surface area contributed by atoms with Gasteiger partial charge in [-0.05, 0) is 42.3 Å². The molecule has 0 unspecified atom stereocenters.